The number of Topliss-reactive ketones (excluding diaryl/α,β-unsaturated/α-hetero) is 1. The molecular formula is C9H6FN5O3. The molecule has 0 amide bonds. The van der Waals surface area contributed by atoms with Crippen LogP contribution in [0.4, 0.5) is 4.39 Å². The van der Waals surface area contributed by atoms with Gasteiger partial charge in [-0.15, -0.1) is 0 Å². The molecule has 0 aromatic rings. The smallest absolute Gasteiger partial charge is 0.327 e. The van der Waals surface area contributed by atoms with Crippen LogP contribution in [0.2, 0.25) is 0 Å². The molecule has 1 aliphatic heterocycles. The molecule has 0 radical (unpaired) electrons. The van der Waals surface area contributed by atoms with Crippen molar-refractivity contribution >= 4 is 11.6 Å². The van der Waals surface area contributed by atoms with Crippen LogP contribution < -0.4 is 10.6 Å². The minimum absolute atomic E-state index is 0.104. The number of aliphatic imine (C=N–C) groups is 1. The summed E-state index contributed by atoms with van der Waals surface area (Å²) in [5, 5.41) is 24.1. The van der Waals surface area contributed by atoms with Gasteiger partial charge in [-0.1, -0.05) is 0 Å². The molecule has 0 saturated heterocycles. The Morgan fingerprint density at radius 1 is 1.67 bits per heavy atom. The predicted molar refractivity (Wildman–Crippen MR) is 56.2 cm³/mol. The van der Waals surface area contributed by atoms with Crippen molar-refractivity contribution in [1.82, 2.24) is 10.6 Å². The third-order valence-electron chi connectivity index (χ3n) is 2.42. The van der Waals surface area contributed by atoms with Gasteiger partial charge >= 0.3 is 6.04 Å². The second-order valence-electron chi connectivity index (χ2n) is 3.51. The molecule has 1 unspecified atom stereocenters. The van der Waals surface area contributed by atoms with E-state index in [1.807, 2.05) is 0 Å². The van der Waals surface area contributed by atoms with Gasteiger partial charge in [-0.05, 0) is 0 Å². The van der Waals surface area contributed by atoms with Gasteiger partial charge in [0.2, 0.25) is 6.19 Å². The normalized spacial score (nSPS) is 24.7. The fourth-order valence-electron chi connectivity index (χ4n) is 1.64. The van der Waals surface area contributed by atoms with Gasteiger partial charge in [-0.2, -0.15) is 10.3 Å². The number of hydrogen-bond acceptors (Lipinski definition) is 6. The van der Waals surface area contributed by atoms with Crippen LogP contribution in [0.5, 0.6) is 0 Å². The van der Waals surface area contributed by atoms with Crippen LogP contribution >= 0.6 is 0 Å². The Labute approximate surface area is 99.6 Å². The average Bonchev–Trinajstić information content (AvgIpc) is 2.30. The molecule has 0 aromatic heterocycles. The van der Waals surface area contributed by atoms with Crippen LogP contribution in [-0.2, 0) is 4.79 Å². The fraction of sp³-hybridized carbons (Fsp3) is 0.222. The highest BCUT2D eigenvalue weighted by molar-refractivity contribution is 6.07. The van der Waals surface area contributed by atoms with Crippen LogP contribution in [0, 0.1) is 21.6 Å². The molecule has 1 aliphatic carbocycles. The van der Waals surface area contributed by atoms with E-state index in [0.717, 1.165) is 6.08 Å². The molecule has 2 N–H and O–H groups in total. The summed E-state index contributed by atoms with van der Waals surface area (Å²) in [5.41, 5.74) is -0.0363. The molecule has 2 rings (SSSR count). The molecule has 0 saturated carbocycles. The standard InChI is InChI=1S/C9H6FN5O3/c10-4-1-5-7(9(16)8(4)15(17)18)14-6(2-12-5)13-3-11/h1,8,12H,2H2,(H,13,14). The zero-order chi connectivity index (χ0) is 13.3. The number of nitriles is 1. The summed E-state index contributed by atoms with van der Waals surface area (Å²) >= 11 is 0. The molecule has 0 spiro atoms. The van der Waals surface area contributed by atoms with E-state index in [1.165, 1.54) is 6.19 Å². The van der Waals surface area contributed by atoms with E-state index >= 15 is 0 Å². The molecular weight excluding hydrogens is 245 g/mol. The van der Waals surface area contributed by atoms with Crippen molar-refractivity contribution < 1.29 is 14.1 Å². The molecule has 18 heavy (non-hydrogen) atoms. The molecule has 0 bridgehead atoms. The van der Waals surface area contributed by atoms with E-state index in [0.29, 0.717) is 0 Å². The number of hydrogen-bond donors (Lipinski definition) is 2. The van der Waals surface area contributed by atoms with Gasteiger partial charge in [-0.25, -0.2) is 4.39 Å². The number of nitro groups is 1. The summed E-state index contributed by atoms with van der Waals surface area (Å²) in [6.07, 6.45) is 2.41. The van der Waals surface area contributed by atoms with Crippen molar-refractivity contribution in [3.8, 4) is 6.19 Å². The van der Waals surface area contributed by atoms with Gasteiger partial charge in [0.05, 0.1) is 12.2 Å². The summed E-state index contributed by atoms with van der Waals surface area (Å²) in [6.45, 7) is 0.104. The summed E-state index contributed by atoms with van der Waals surface area (Å²) < 4.78 is 13.4. The van der Waals surface area contributed by atoms with Crippen molar-refractivity contribution in [3.63, 3.8) is 0 Å². The Bertz CT molecular complexity index is 571. The SMILES string of the molecule is N#CN=C1CNC2=C(N1)C(=O)C([N+](=O)[O-])C(F)=C2. The Hall–Kier alpha value is -2.76. The van der Waals surface area contributed by atoms with Gasteiger partial charge in [-0.3, -0.25) is 14.9 Å². The quantitative estimate of drug-likeness (QED) is 0.363. The van der Waals surface area contributed by atoms with Crippen molar-refractivity contribution in [2.45, 2.75) is 6.04 Å². The predicted octanol–water partition coefficient (Wildman–Crippen LogP) is -0.648. The lowest BCUT2D eigenvalue weighted by atomic mass is 9.99. The van der Waals surface area contributed by atoms with Crippen molar-refractivity contribution in [1.29, 1.82) is 5.26 Å². The second kappa shape index (κ2) is 4.25. The summed E-state index contributed by atoms with van der Waals surface area (Å²) in [7, 11) is 0. The van der Waals surface area contributed by atoms with Crippen LogP contribution in [0.25, 0.3) is 0 Å². The molecule has 1 atom stereocenters. The highest BCUT2D eigenvalue weighted by atomic mass is 19.1. The lowest BCUT2D eigenvalue weighted by Crippen LogP contribution is -2.48. The second-order valence-corrected chi connectivity index (χ2v) is 3.51. The highest BCUT2D eigenvalue weighted by Crippen LogP contribution is 2.23. The minimum Gasteiger partial charge on any atom is -0.376 e. The Kier molecular flexibility index (Phi) is 2.77. The lowest BCUT2D eigenvalue weighted by Gasteiger charge is -2.25. The zero-order valence-corrected chi connectivity index (χ0v) is 8.81. The van der Waals surface area contributed by atoms with E-state index in [-0.39, 0.29) is 23.8 Å². The minimum atomic E-state index is -2.04. The number of carbonyl (C=O) groups excluding carboxylic acids is 1. The van der Waals surface area contributed by atoms with E-state index in [2.05, 4.69) is 15.6 Å². The average molecular weight is 251 g/mol. The van der Waals surface area contributed by atoms with Crippen LogP contribution in [-0.4, -0.2) is 29.1 Å². The maximum atomic E-state index is 13.4. The highest BCUT2D eigenvalue weighted by Gasteiger charge is 2.42. The molecule has 1 heterocycles. The number of amidine groups is 1. The summed E-state index contributed by atoms with van der Waals surface area (Å²) in [4.78, 5) is 24.7. The van der Waals surface area contributed by atoms with Gasteiger partial charge in [0.1, 0.15) is 11.5 Å². The van der Waals surface area contributed by atoms with Crippen LogP contribution in [0.15, 0.2) is 28.3 Å². The molecule has 0 fully saturated rings. The number of nitrogens with one attached hydrogen (secondary N) is 2. The largest absolute Gasteiger partial charge is 0.376 e. The maximum Gasteiger partial charge on any atom is 0.327 e. The van der Waals surface area contributed by atoms with E-state index < -0.39 is 22.6 Å². The topological polar surface area (TPSA) is 120 Å². The monoisotopic (exact) mass is 251 g/mol. The first-order valence-corrected chi connectivity index (χ1v) is 4.80. The maximum absolute atomic E-state index is 13.4. The number of ketones is 1. The van der Waals surface area contributed by atoms with Gasteiger partial charge in [0.25, 0.3) is 5.78 Å². The van der Waals surface area contributed by atoms with E-state index in [1.54, 1.807) is 0 Å². The van der Waals surface area contributed by atoms with Gasteiger partial charge < -0.3 is 10.6 Å². The molecule has 0 aromatic carbocycles. The van der Waals surface area contributed by atoms with Crippen LogP contribution in [0.1, 0.15) is 0 Å². The van der Waals surface area contributed by atoms with Gasteiger partial charge in [0, 0.05) is 11.0 Å². The van der Waals surface area contributed by atoms with Crippen LogP contribution in [0.3, 0.4) is 0 Å². The lowest BCUT2D eigenvalue weighted by molar-refractivity contribution is -0.499. The third-order valence-corrected chi connectivity index (χ3v) is 2.42. The van der Waals surface area contributed by atoms with E-state index in [9.17, 15) is 19.3 Å². The molecule has 8 nitrogen and oxygen atoms in total. The Balaban J connectivity index is 2.40. The van der Waals surface area contributed by atoms with Crippen molar-refractivity contribution in [3.05, 3.63) is 33.4 Å². The molecule has 9 heteroatoms. The summed E-state index contributed by atoms with van der Waals surface area (Å²) in [5.74, 6) is -1.99. The van der Waals surface area contributed by atoms with E-state index in [4.69, 9.17) is 5.26 Å². The number of halogens is 1. The number of allylic oxidation sites excluding steroid dienone is 1. The fourth-order valence-corrected chi connectivity index (χ4v) is 1.64. The number of carbonyl (C=O) groups is 1. The first-order valence-electron chi connectivity index (χ1n) is 4.80. The first kappa shape index (κ1) is 11.7. The Morgan fingerprint density at radius 2 is 2.39 bits per heavy atom. The zero-order valence-electron chi connectivity index (χ0n) is 8.81. The Morgan fingerprint density at radius 3 is 3.00 bits per heavy atom. The van der Waals surface area contributed by atoms with Crippen molar-refractivity contribution in [2.75, 3.05) is 6.54 Å². The third kappa shape index (κ3) is 1.80. The number of rotatable bonds is 1. The summed E-state index contributed by atoms with van der Waals surface area (Å²) in [6, 6.07) is -2.04. The van der Waals surface area contributed by atoms with Crippen molar-refractivity contribution in [2.24, 2.45) is 4.99 Å². The molecule has 92 valence electrons. The number of nitrogens with zero attached hydrogens (tertiary/aromatic N) is 3. The first-order chi connectivity index (χ1) is 8.54. The van der Waals surface area contributed by atoms with Gasteiger partial charge in [0.15, 0.2) is 5.83 Å². The molecule has 2 aliphatic rings.